The van der Waals surface area contributed by atoms with Gasteiger partial charge in [0.25, 0.3) is 5.91 Å². The fourth-order valence-electron chi connectivity index (χ4n) is 3.87. The molecule has 2 aromatic rings. The summed E-state index contributed by atoms with van der Waals surface area (Å²) >= 11 is 0. The van der Waals surface area contributed by atoms with Crippen LogP contribution in [0.3, 0.4) is 0 Å². The van der Waals surface area contributed by atoms with E-state index < -0.39 is 10.0 Å². The van der Waals surface area contributed by atoms with Crippen LogP contribution in [0.25, 0.3) is 0 Å². The van der Waals surface area contributed by atoms with E-state index in [0.29, 0.717) is 32.0 Å². The smallest absolute Gasteiger partial charge is 0.262 e. The van der Waals surface area contributed by atoms with Crippen molar-refractivity contribution >= 4 is 21.6 Å². The lowest BCUT2D eigenvalue weighted by atomic mass is 9.91. The zero-order valence-electron chi connectivity index (χ0n) is 16.8. The number of hydrogen-bond acceptors (Lipinski definition) is 5. The maximum atomic E-state index is 12.7. The Kier molecular flexibility index (Phi) is 6.36. The van der Waals surface area contributed by atoms with Gasteiger partial charge in [0.2, 0.25) is 10.0 Å². The molecule has 1 saturated heterocycles. The molecule has 0 saturated carbocycles. The van der Waals surface area contributed by atoms with Gasteiger partial charge >= 0.3 is 0 Å². The highest BCUT2D eigenvalue weighted by Gasteiger charge is 2.26. The highest BCUT2D eigenvalue weighted by atomic mass is 32.2. The summed E-state index contributed by atoms with van der Waals surface area (Å²) in [6.07, 6.45) is 4.36. The number of hydrogen-bond donors (Lipinski definition) is 1. The maximum Gasteiger partial charge on any atom is 0.262 e. The molecule has 0 bridgehead atoms. The van der Waals surface area contributed by atoms with Crippen LogP contribution in [-0.2, 0) is 32.4 Å². The van der Waals surface area contributed by atoms with Crippen LogP contribution in [0.5, 0.6) is 5.75 Å². The standard InChI is InChI=1S/C22H26N2O5S/c25-22(16-29-21-7-3-5-17-4-1-2-6-20(17)21)23-18-8-10-19(11-9-18)30(26,27)24-12-14-28-15-13-24/h3,5,7-11H,1-2,4,6,12-16H2,(H,23,25). The molecule has 0 radical (unpaired) electrons. The number of carbonyl (C=O) groups is 1. The van der Waals surface area contributed by atoms with Crippen molar-refractivity contribution in [2.24, 2.45) is 0 Å². The highest BCUT2D eigenvalue weighted by molar-refractivity contribution is 7.89. The maximum absolute atomic E-state index is 12.7. The van der Waals surface area contributed by atoms with Crippen LogP contribution in [0, 0.1) is 0 Å². The van der Waals surface area contributed by atoms with E-state index in [1.165, 1.54) is 34.0 Å². The number of fused-ring (bicyclic) bond motifs is 1. The third-order valence-corrected chi connectivity index (χ3v) is 7.37. The summed E-state index contributed by atoms with van der Waals surface area (Å²) in [6.45, 7) is 1.41. The topological polar surface area (TPSA) is 84.9 Å². The lowest BCUT2D eigenvalue weighted by Gasteiger charge is -2.26. The third-order valence-electron chi connectivity index (χ3n) is 5.46. The molecule has 1 aliphatic carbocycles. The quantitative estimate of drug-likeness (QED) is 0.762. The Hall–Kier alpha value is -2.42. The van der Waals surface area contributed by atoms with Crippen molar-refractivity contribution in [2.45, 2.75) is 30.6 Å². The number of morpholine rings is 1. The van der Waals surface area contributed by atoms with E-state index in [0.717, 1.165) is 25.0 Å². The van der Waals surface area contributed by atoms with Gasteiger partial charge in [-0.2, -0.15) is 4.31 Å². The normalized spacial score (nSPS) is 17.2. The van der Waals surface area contributed by atoms with Crippen LogP contribution < -0.4 is 10.1 Å². The first-order chi connectivity index (χ1) is 14.5. The van der Waals surface area contributed by atoms with E-state index >= 15 is 0 Å². The van der Waals surface area contributed by atoms with Gasteiger partial charge in [-0.25, -0.2) is 8.42 Å². The summed E-state index contributed by atoms with van der Waals surface area (Å²) in [5, 5.41) is 2.76. The van der Waals surface area contributed by atoms with E-state index in [4.69, 9.17) is 9.47 Å². The van der Waals surface area contributed by atoms with Gasteiger partial charge in [0.05, 0.1) is 18.1 Å². The number of amides is 1. The van der Waals surface area contributed by atoms with Crippen LogP contribution in [0.1, 0.15) is 24.0 Å². The minimum atomic E-state index is -3.55. The van der Waals surface area contributed by atoms with E-state index in [9.17, 15) is 13.2 Å². The second-order valence-corrected chi connectivity index (χ2v) is 9.42. The zero-order valence-corrected chi connectivity index (χ0v) is 17.6. The van der Waals surface area contributed by atoms with Crippen molar-refractivity contribution < 1.29 is 22.7 Å². The van der Waals surface area contributed by atoms with Crippen LogP contribution in [0.2, 0.25) is 0 Å². The van der Waals surface area contributed by atoms with Gasteiger partial charge in [-0.1, -0.05) is 12.1 Å². The molecule has 0 unspecified atom stereocenters. The Balaban J connectivity index is 1.35. The fraction of sp³-hybridized carbons (Fsp3) is 0.409. The Morgan fingerprint density at radius 3 is 2.53 bits per heavy atom. The number of rotatable bonds is 6. The molecule has 160 valence electrons. The molecule has 1 fully saturated rings. The van der Waals surface area contributed by atoms with Crippen LogP contribution in [0.4, 0.5) is 5.69 Å². The van der Waals surface area contributed by atoms with Gasteiger partial charge in [0.1, 0.15) is 5.75 Å². The Bertz CT molecular complexity index is 999. The van der Waals surface area contributed by atoms with Gasteiger partial charge in [-0.3, -0.25) is 4.79 Å². The molecule has 2 aliphatic rings. The summed E-state index contributed by atoms with van der Waals surface area (Å²) < 4.78 is 37.7. The first kappa shape index (κ1) is 20.8. The Morgan fingerprint density at radius 2 is 1.77 bits per heavy atom. The molecule has 0 aromatic heterocycles. The second kappa shape index (κ2) is 9.16. The van der Waals surface area contributed by atoms with Crippen molar-refractivity contribution in [3.05, 3.63) is 53.6 Å². The predicted molar refractivity (Wildman–Crippen MR) is 113 cm³/mol. The molecular weight excluding hydrogens is 404 g/mol. The summed E-state index contributed by atoms with van der Waals surface area (Å²) in [5.74, 6) is 0.488. The predicted octanol–water partition coefficient (Wildman–Crippen LogP) is 2.60. The third kappa shape index (κ3) is 4.66. The summed E-state index contributed by atoms with van der Waals surface area (Å²) in [7, 11) is -3.55. The van der Waals surface area contributed by atoms with Crippen molar-refractivity contribution in [3.63, 3.8) is 0 Å². The first-order valence-electron chi connectivity index (χ1n) is 10.3. The van der Waals surface area contributed by atoms with Crippen LogP contribution >= 0.6 is 0 Å². The SMILES string of the molecule is O=C(COc1cccc2c1CCCC2)Nc1ccc(S(=O)(=O)N2CCOCC2)cc1. The average molecular weight is 431 g/mol. The van der Waals surface area contributed by atoms with Crippen molar-refractivity contribution in [1.29, 1.82) is 0 Å². The number of nitrogens with zero attached hydrogens (tertiary/aromatic N) is 1. The molecule has 0 spiro atoms. The Labute approximate surface area is 177 Å². The lowest BCUT2D eigenvalue weighted by molar-refractivity contribution is -0.118. The molecule has 1 N–H and O–H groups in total. The largest absolute Gasteiger partial charge is 0.483 e. The number of aryl methyl sites for hydroxylation is 1. The lowest BCUT2D eigenvalue weighted by Crippen LogP contribution is -2.40. The van der Waals surface area contributed by atoms with Gasteiger partial charge in [0, 0.05) is 18.8 Å². The van der Waals surface area contributed by atoms with Gasteiger partial charge < -0.3 is 14.8 Å². The molecule has 2 aromatic carbocycles. The number of benzene rings is 2. The van der Waals surface area contributed by atoms with E-state index in [1.54, 1.807) is 12.1 Å². The van der Waals surface area contributed by atoms with Crippen molar-refractivity contribution in [2.75, 3.05) is 38.2 Å². The van der Waals surface area contributed by atoms with E-state index in [1.807, 2.05) is 12.1 Å². The average Bonchev–Trinajstić information content (AvgIpc) is 2.78. The molecule has 4 rings (SSSR count). The number of sulfonamides is 1. The molecule has 8 heteroatoms. The van der Waals surface area contributed by atoms with E-state index in [2.05, 4.69) is 11.4 Å². The second-order valence-electron chi connectivity index (χ2n) is 7.48. The molecule has 30 heavy (non-hydrogen) atoms. The number of nitrogens with one attached hydrogen (secondary N) is 1. The number of carbonyl (C=O) groups excluding carboxylic acids is 1. The summed E-state index contributed by atoms with van der Waals surface area (Å²) in [5.41, 5.74) is 3.03. The molecular formula is C22H26N2O5S. The van der Waals surface area contributed by atoms with Gasteiger partial charge in [-0.15, -0.1) is 0 Å². The van der Waals surface area contributed by atoms with E-state index in [-0.39, 0.29) is 17.4 Å². The number of ether oxygens (including phenoxy) is 2. The summed E-state index contributed by atoms with van der Waals surface area (Å²) in [6, 6.07) is 12.2. The monoisotopic (exact) mass is 430 g/mol. The molecule has 1 aliphatic heterocycles. The minimum Gasteiger partial charge on any atom is -0.483 e. The van der Waals surface area contributed by atoms with Crippen LogP contribution in [0.15, 0.2) is 47.4 Å². The highest BCUT2D eigenvalue weighted by Crippen LogP contribution is 2.29. The number of anilines is 1. The molecule has 0 atom stereocenters. The Morgan fingerprint density at radius 1 is 1.03 bits per heavy atom. The minimum absolute atomic E-state index is 0.0930. The molecule has 7 nitrogen and oxygen atoms in total. The van der Waals surface area contributed by atoms with Crippen molar-refractivity contribution in [1.82, 2.24) is 4.31 Å². The van der Waals surface area contributed by atoms with Crippen LogP contribution in [-0.4, -0.2) is 51.5 Å². The zero-order chi connectivity index (χ0) is 21.0. The molecule has 1 amide bonds. The van der Waals surface area contributed by atoms with Crippen molar-refractivity contribution in [3.8, 4) is 5.75 Å². The van der Waals surface area contributed by atoms with Gasteiger partial charge in [-0.05, 0) is 67.1 Å². The first-order valence-corrected chi connectivity index (χ1v) is 11.7. The van der Waals surface area contributed by atoms with Gasteiger partial charge in [0.15, 0.2) is 6.61 Å². The summed E-state index contributed by atoms with van der Waals surface area (Å²) in [4.78, 5) is 12.5. The fourth-order valence-corrected chi connectivity index (χ4v) is 5.28. The molecule has 1 heterocycles.